The van der Waals surface area contributed by atoms with Crippen LogP contribution in [0.1, 0.15) is 0 Å². The number of nitrogens with two attached hydrogens (primary N) is 2. The lowest BCUT2D eigenvalue weighted by molar-refractivity contribution is 0.561. The van der Waals surface area contributed by atoms with Crippen LogP contribution in [0.15, 0.2) is 34.1 Å². The third-order valence-corrected chi connectivity index (χ3v) is 12.8. The van der Waals surface area contributed by atoms with Crippen LogP contribution in [0.25, 0.3) is 0 Å². The van der Waals surface area contributed by atoms with E-state index in [0.717, 1.165) is 10.4 Å². The molecule has 0 atom stereocenters. The lowest BCUT2D eigenvalue weighted by Gasteiger charge is -2.30. The van der Waals surface area contributed by atoms with Crippen LogP contribution in [0.2, 0.25) is 78.6 Å². The molecule has 0 amide bonds. The van der Waals surface area contributed by atoms with Crippen molar-refractivity contribution < 1.29 is 17.3 Å². The summed E-state index contributed by atoms with van der Waals surface area (Å²) in [6.45, 7) is 25.5. The molecule has 11 heteroatoms. The van der Waals surface area contributed by atoms with Crippen molar-refractivity contribution in [3.05, 3.63) is 24.3 Å². The van der Waals surface area contributed by atoms with Crippen LogP contribution in [-0.2, 0) is 9.84 Å². The normalized spacial score (nSPS) is 13.6. The van der Waals surface area contributed by atoms with Gasteiger partial charge in [-0.25, -0.2) is 8.42 Å². The van der Waals surface area contributed by atoms with E-state index in [2.05, 4.69) is 78.6 Å². The van der Waals surface area contributed by atoms with Crippen molar-refractivity contribution in [2.75, 3.05) is 11.5 Å². The maximum atomic E-state index is 14.0. The van der Waals surface area contributed by atoms with Gasteiger partial charge in [-0.3, -0.25) is 0 Å². The van der Waals surface area contributed by atoms with Crippen LogP contribution in [0, 0.1) is 0 Å². The zero-order chi connectivity index (χ0) is 27.4. The molecular formula is C24H44N2O4SSi4. The summed E-state index contributed by atoms with van der Waals surface area (Å²) in [5, 5.41) is 1.67. The summed E-state index contributed by atoms with van der Waals surface area (Å²) >= 11 is 0. The highest BCUT2D eigenvalue weighted by Gasteiger charge is 2.35. The standard InChI is InChI=1S/C24H44N2O4SSi4/c1-32(2,3)23-17(29-34(7,8)9)13-15-19(21(23)25)31(27,28)20-16-14-18(30-35(10,11)12)24(22(20)26)33(4,5)6/h13-16H,25-26H2,1-12H3. The fourth-order valence-corrected chi connectivity index (χ4v) is 11.3. The molecule has 0 aliphatic rings. The molecule has 0 spiro atoms. The summed E-state index contributed by atoms with van der Waals surface area (Å²) < 4.78 is 40.7. The van der Waals surface area contributed by atoms with Gasteiger partial charge in [0.15, 0.2) is 0 Å². The fraction of sp³-hybridized carbons (Fsp3) is 0.500. The Bertz CT molecular complexity index is 1130. The van der Waals surface area contributed by atoms with Crippen LogP contribution in [0.4, 0.5) is 11.4 Å². The highest BCUT2D eigenvalue weighted by molar-refractivity contribution is 7.91. The summed E-state index contributed by atoms with van der Waals surface area (Å²) in [6, 6.07) is 6.69. The molecule has 0 fully saturated rings. The van der Waals surface area contributed by atoms with Gasteiger partial charge in [-0.05, 0) is 63.5 Å². The second-order valence-electron chi connectivity index (χ2n) is 13.1. The number of benzene rings is 2. The Balaban J connectivity index is 2.84. The van der Waals surface area contributed by atoms with Crippen molar-refractivity contribution in [1.29, 1.82) is 0 Å². The predicted molar refractivity (Wildman–Crippen MR) is 161 cm³/mol. The third kappa shape index (κ3) is 6.82. The molecule has 6 nitrogen and oxygen atoms in total. The first-order valence-corrected chi connectivity index (χ1v) is 27.3. The Morgan fingerprint density at radius 2 is 0.857 bits per heavy atom. The summed E-state index contributed by atoms with van der Waals surface area (Å²) in [6.07, 6.45) is 0. The molecule has 0 bridgehead atoms. The van der Waals surface area contributed by atoms with E-state index in [-0.39, 0.29) is 21.2 Å². The van der Waals surface area contributed by atoms with Gasteiger partial charge < -0.3 is 20.3 Å². The van der Waals surface area contributed by atoms with Crippen LogP contribution < -0.4 is 30.7 Å². The predicted octanol–water partition coefficient (Wildman–Crippen LogP) is 5.20. The van der Waals surface area contributed by atoms with Gasteiger partial charge in [0, 0.05) is 10.4 Å². The van der Waals surface area contributed by atoms with Crippen molar-refractivity contribution in [3.63, 3.8) is 0 Å². The Hall–Kier alpha value is -1.54. The largest absolute Gasteiger partial charge is 0.544 e. The van der Waals surface area contributed by atoms with E-state index in [1.54, 1.807) is 24.3 Å². The van der Waals surface area contributed by atoms with Crippen LogP contribution in [0.5, 0.6) is 11.5 Å². The lowest BCUT2D eigenvalue weighted by Crippen LogP contribution is -2.44. The third-order valence-electron chi connectivity index (χ3n) is 5.25. The Morgan fingerprint density at radius 1 is 0.571 bits per heavy atom. The van der Waals surface area contributed by atoms with E-state index in [0.29, 0.717) is 11.5 Å². The second-order valence-corrected chi connectivity index (χ2v) is 33.9. The molecule has 0 aromatic heterocycles. The first kappa shape index (κ1) is 29.7. The van der Waals surface area contributed by atoms with E-state index >= 15 is 0 Å². The SMILES string of the molecule is C[Si](C)(C)Oc1ccc(S(=O)(=O)c2ccc(O[Si](C)(C)C)c([Si](C)(C)C)c2N)c(N)c1[Si](C)(C)C. The van der Waals surface area contributed by atoms with Gasteiger partial charge in [0.25, 0.3) is 0 Å². The summed E-state index contributed by atoms with van der Waals surface area (Å²) in [4.78, 5) is 0.176. The number of anilines is 2. The zero-order valence-electron chi connectivity index (χ0n) is 23.5. The second kappa shape index (κ2) is 9.40. The molecular weight excluding hydrogens is 525 g/mol. The van der Waals surface area contributed by atoms with Crippen molar-refractivity contribution in [2.45, 2.75) is 88.4 Å². The summed E-state index contributed by atoms with van der Waals surface area (Å²) in [7, 11) is -12.0. The molecule has 2 aromatic rings. The average Bonchev–Trinajstić information content (AvgIpc) is 2.56. The molecule has 196 valence electrons. The highest BCUT2D eigenvalue weighted by atomic mass is 32.2. The van der Waals surface area contributed by atoms with Crippen molar-refractivity contribution in [1.82, 2.24) is 0 Å². The average molecular weight is 569 g/mol. The van der Waals surface area contributed by atoms with Gasteiger partial charge in [-0.1, -0.05) is 39.3 Å². The number of sulfone groups is 1. The number of hydrogen-bond donors (Lipinski definition) is 2. The lowest BCUT2D eigenvalue weighted by atomic mass is 10.3. The maximum absolute atomic E-state index is 14.0. The van der Waals surface area contributed by atoms with Crippen molar-refractivity contribution >= 4 is 64.4 Å². The van der Waals surface area contributed by atoms with Gasteiger partial charge in [0.2, 0.25) is 26.5 Å². The molecule has 2 aromatic carbocycles. The van der Waals surface area contributed by atoms with E-state index in [9.17, 15) is 8.42 Å². The van der Waals surface area contributed by atoms with Gasteiger partial charge in [0.1, 0.15) is 11.5 Å². The van der Waals surface area contributed by atoms with Gasteiger partial charge in [0.05, 0.1) is 37.3 Å². The Labute approximate surface area is 216 Å². The van der Waals surface area contributed by atoms with E-state index in [4.69, 9.17) is 20.3 Å². The Kier molecular flexibility index (Phi) is 7.97. The molecule has 0 unspecified atom stereocenters. The molecule has 4 N–H and O–H groups in total. The minimum Gasteiger partial charge on any atom is -0.544 e. The molecule has 0 heterocycles. The maximum Gasteiger partial charge on any atom is 0.242 e. The number of nitrogen functional groups attached to an aromatic ring is 2. The molecule has 2 rings (SSSR count). The molecule has 0 aliphatic heterocycles. The van der Waals surface area contributed by atoms with E-state index < -0.39 is 42.6 Å². The summed E-state index contributed by atoms with van der Waals surface area (Å²) in [5.41, 5.74) is 13.8. The molecule has 0 radical (unpaired) electrons. The smallest absolute Gasteiger partial charge is 0.242 e. The minimum absolute atomic E-state index is 0.0879. The quantitative estimate of drug-likeness (QED) is 0.335. The summed E-state index contributed by atoms with van der Waals surface area (Å²) in [5.74, 6) is 1.41. The van der Waals surface area contributed by atoms with E-state index in [1.807, 2.05) is 0 Å². The minimum atomic E-state index is -3.98. The Morgan fingerprint density at radius 3 is 1.09 bits per heavy atom. The van der Waals surface area contributed by atoms with Crippen LogP contribution >= 0.6 is 0 Å². The van der Waals surface area contributed by atoms with Gasteiger partial charge in [-0.2, -0.15) is 0 Å². The first-order valence-electron chi connectivity index (χ1n) is 12.0. The monoisotopic (exact) mass is 568 g/mol. The molecule has 0 saturated heterocycles. The molecule has 0 saturated carbocycles. The first-order chi connectivity index (χ1) is 15.5. The van der Waals surface area contributed by atoms with E-state index in [1.165, 1.54) is 0 Å². The number of rotatable bonds is 8. The highest BCUT2D eigenvalue weighted by Crippen LogP contribution is 2.35. The van der Waals surface area contributed by atoms with Crippen molar-refractivity contribution in [2.24, 2.45) is 0 Å². The topological polar surface area (TPSA) is 105 Å². The zero-order valence-corrected chi connectivity index (χ0v) is 28.3. The number of hydrogen-bond acceptors (Lipinski definition) is 6. The van der Waals surface area contributed by atoms with Crippen LogP contribution in [-0.4, -0.2) is 41.2 Å². The molecule has 0 aliphatic carbocycles. The van der Waals surface area contributed by atoms with Crippen LogP contribution in [0.3, 0.4) is 0 Å². The van der Waals surface area contributed by atoms with Crippen molar-refractivity contribution in [3.8, 4) is 11.5 Å². The molecule has 35 heavy (non-hydrogen) atoms. The van der Waals surface area contributed by atoms with Gasteiger partial charge >= 0.3 is 0 Å². The fourth-order valence-electron chi connectivity index (χ4n) is 4.13. The van der Waals surface area contributed by atoms with Gasteiger partial charge in [-0.15, -0.1) is 0 Å².